The first-order chi connectivity index (χ1) is 17.3. The summed E-state index contributed by atoms with van der Waals surface area (Å²) in [5, 5.41) is 8.92. The second kappa shape index (κ2) is 31.7. The van der Waals surface area contributed by atoms with E-state index in [2.05, 4.69) is 19.9 Å². The molecule has 0 atom stereocenters. The van der Waals surface area contributed by atoms with Crippen molar-refractivity contribution in [3.63, 3.8) is 0 Å². The zero-order valence-electron chi connectivity index (χ0n) is 24.7. The molecule has 1 N–H and O–H groups in total. The fourth-order valence-corrected chi connectivity index (χ4v) is 5.28. The molecule has 0 aliphatic carbocycles. The summed E-state index contributed by atoms with van der Waals surface area (Å²) in [5.74, 6) is 0. The van der Waals surface area contributed by atoms with E-state index in [4.69, 9.17) is 5.11 Å². The minimum Gasteiger partial charge on any atom is -0.396 e. The van der Waals surface area contributed by atoms with Gasteiger partial charge in [0.1, 0.15) is 0 Å². The second-order valence-corrected chi connectivity index (χ2v) is 11.4. The lowest BCUT2D eigenvalue weighted by Crippen LogP contribution is -1.89. The van der Waals surface area contributed by atoms with Crippen molar-refractivity contribution in [2.45, 2.75) is 200 Å². The number of hydrogen-bond donors (Lipinski definition) is 1. The molecule has 0 saturated heterocycles. The lowest BCUT2D eigenvalue weighted by atomic mass is 9.97. The Bertz CT molecular complexity index is 399. The molecule has 0 saturated carbocycles. The summed E-state index contributed by atoms with van der Waals surface area (Å²) in [6, 6.07) is 0. The van der Waals surface area contributed by atoms with Crippen LogP contribution in [0.15, 0.2) is 11.6 Å². The van der Waals surface area contributed by atoms with Crippen LogP contribution in [0, 0.1) is 0 Å². The van der Waals surface area contributed by atoms with E-state index in [1.54, 1.807) is 5.57 Å². The van der Waals surface area contributed by atoms with Gasteiger partial charge in [-0.15, -0.1) is 0 Å². The van der Waals surface area contributed by atoms with E-state index in [0.29, 0.717) is 6.61 Å². The van der Waals surface area contributed by atoms with Gasteiger partial charge in [-0.05, 0) is 44.9 Å². The molecule has 0 unspecified atom stereocenters. The molecule has 1 nitrogen and oxygen atoms in total. The van der Waals surface area contributed by atoms with Crippen molar-refractivity contribution < 1.29 is 5.11 Å². The highest BCUT2D eigenvalue weighted by Gasteiger charge is 2.01. The van der Waals surface area contributed by atoms with Gasteiger partial charge in [-0.25, -0.2) is 0 Å². The smallest absolute Gasteiger partial charge is 0.0431 e. The average molecular weight is 493 g/mol. The van der Waals surface area contributed by atoms with Crippen LogP contribution >= 0.6 is 0 Å². The topological polar surface area (TPSA) is 20.2 Å². The van der Waals surface area contributed by atoms with Gasteiger partial charge in [0.25, 0.3) is 0 Å². The van der Waals surface area contributed by atoms with E-state index >= 15 is 0 Å². The van der Waals surface area contributed by atoms with E-state index < -0.39 is 0 Å². The summed E-state index contributed by atoms with van der Waals surface area (Å²) < 4.78 is 0. The molecule has 0 rings (SSSR count). The second-order valence-electron chi connectivity index (χ2n) is 11.4. The lowest BCUT2D eigenvalue weighted by molar-refractivity contribution is 0.282. The molecular weight excluding hydrogens is 424 g/mol. The standard InChI is InChI=1S/C34H68O/c1-3-5-7-9-11-12-13-14-15-16-17-19-23-27-31-34(30-26-22-18-10-8-6-4-2)32-28-24-20-21-25-29-33-35/h30,35H,3-29,31-33H2,1-2H3/b34-30-. The fraction of sp³-hybridized carbons (Fsp3) is 0.941. The molecular formula is C34H68O. The van der Waals surface area contributed by atoms with Gasteiger partial charge >= 0.3 is 0 Å². The largest absolute Gasteiger partial charge is 0.396 e. The van der Waals surface area contributed by atoms with Crippen molar-refractivity contribution in [2.24, 2.45) is 0 Å². The van der Waals surface area contributed by atoms with Crippen molar-refractivity contribution in [1.29, 1.82) is 0 Å². The Labute approximate surface area is 223 Å². The van der Waals surface area contributed by atoms with E-state index in [1.807, 2.05) is 0 Å². The van der Waals surface area contributed by atoms with Crippen molar-refractivity contribution in [1.82, 2.24) is 0 Å². The van der Waals surface area contributed by atoms with Crippen LogP contribution in [0.4, 0.5) is 0 Å². The van der Waals surface area contributed by atoms with Gasteiger partial charge in [-0.1, -0.05) is 167 Å². The molecule has 0 aromatic carbocycles. The van der Waals surface area contributed by atoms with Crippen LogP contribution in [-0.4, -0.2) is 11.7 Å². The number of hydrogen-bond acceptors (Lipinski definition) is 1. The number of aliphatic hydroxyl groups excluding tert-OH is 1. The van der Waals surface area contributed by atoms with Crippen molar-refractivity contribution >= 4 is 0 Å². The maximum Gasteiger partial charge on any atom is 0.0431 e. The van der Waals surface area contributed by atoms with Gasteiger partial charge in [0.05, 0.1) is 0 Å². The highest BCUT2D eigenvalue weighted by molar-refractivity contribution is 5.02. The van der Waals surface area contributed by atoms with E-state index in [0.717, 1.165) is 6.42 Å². The molecule has 0 spiro atoms. The maximum absolute atomic E-state index is 8.92. The first-order valence-electron chi connectivity index (χ1n) is 16.6. The molecule has 1 heteroatoms. The molecule has 35 heavy (non-hydrogen) atoms. The average Bonchev–Trinajstić information content (AvgIpc) is 2.87. The number of rotatable bonds is 30. The molecule has 0 aromatic heterocycles. The van der Waals surface area contributed by atoms with Crippen LogP contribution in [0.3, 0.4) is 0 Å². The highest BCUT2D eigenvalue weighted by atomic mass is 16.2. The Morgan fingerprint density at radius 2 is 0.714 bits per heavy atom. The molecule has 0 bridgehead atoms. The SMILES string of the molecule is CCCCCCCC/C=C(\CCCCCCCCO)CCCCCCCCCCCCCCCC. The lowest BCUT2D eigenvalue weighted by Gasteiger charge is -2.09. The molecule has 210 valence electrons. The van der Waals surface area contributed by atoms with Gasteiger partial charge < -0.3 is 5.11 Å². The molecule has 0 fully saturated rings. The van der Waals surface area contributed by atoms with Crippen LogP contribution in [0.25, 0.3) is 0 Å². The number of aliphatic hydroxyl groups is 1. The third-order valence-electron chi connectivity index (χ3n) is 7.75. The van der Waals surface area contributed by atoms with Gasteiger partial charge in [0.15, 0.2) is 0 Å². The predicted octanol–water partition coefficient (Wildman–Crippen LogP) is 12.3. The van der Waals surface area contributed by atoms with E-state index in [1.165, 1.54) is 180 Å². The van der Waals surface area contributed by atoms with Crippen LogP contribution in [0.1, 0.15) is 200 Å². The minimum atomic E-state index is 0.366. The minimum absolute atomic E-state index is 0.366. The Hall–Kier alpha value is -0.300. The molecule has 0 aliphatic heterocycles. The Kier molecular flexibility index (Phi) is 31.5. The number of allylic oxidation sites excluding steroid dienone is 2. The van der Waals surface area contributed by atoms with Crippen molar-refractivity contribution in [2.75, 3.05) is 6.61 Å². The molecule has 0 radical (unpaired) electrons. The quantitative estimate of drug-likeness (QED) is 0.0780. The highest BCUT2D eigenvalue weighted by Crippen LogP contribution is 2.20. The van der Waals surface area contributed by atoms with Crippen LogP contribution in [0.2, 0.25) is 0 Å². The van der Waals surface area contributed by atoms with Crippen LogP contribution in [-0.2, 0) is 0 Å². The van der Waals surface area contributed by atoms with E-state index in [9.17, 15) is 0 Å². The normalized spacial score (nSPS) is 12.0. The Morgan fingerprint density at radius 1 is 0.400 bits per heavy atom. The molecule has 0 aromatic rings. The van der Waals surface area contributed by atoms with Crippen molar-refractivity contribution in [3.05, 3.63) is 11.6 Å². The summed E-state index contributed by atoms with van der Waals surface area (Å²) in [6.07, 6.45) is 43.0. The zero-order valence-corrected chi connectivity index (χ0v) is 24.7. The third-order valence-corrected chi connectivity index (χ3v) is 7.75. The van der Waals surface area contributed by atoms with Gasteiger partial charge in [0, 0.05) is 6.61 Å². The zero-order chi connectivity index (χ0) is 25.5. The summed E-state index contributed by atoms with van der Waals surface area (Å²) in [7, 11) is 0. The van der Waals surface area contributed by atoms with Crippen LogP contribution < -0.4 is 0 Å². The van der Waals surface area contributed by atoms with Gasteiger partial charge in [0.2, 0.25) is 0 Å². The maximum atomic E-state index is 8.92. The number of unbranched alkanes of at least 4 members (excludes halogenated alkanes) is 24. The summed E-state index contributed by atoms with van der Waals surface area (Å²) in [5.41, 5.74) is 1.77. The Morgan fingerprint density at radius 3 is 1.09 bits per heavy atom. The summed E-state index contributed by atoms with van der Waals surface area (Å²) in [4.78, 5) is 0. The van der Waals surface area contributed by atoms with Crippen LogP contribution in [0.5, 0.6) is 0 Å². The monoisotopic (exact) mass is 493 g/mol. The summed E-state index contributed by atoms with van der Waals surface area (Å²) in [6.45, 7) is 4.97. The Balaban J connectivity index is 3.81. The molecule has 0 amide bonds. The predicted molar refractivity (Wildman–Crippen MR) is 160 cm³/mol. The first-order valence-corrected chi connectivity index (χ1v) is 16.6. The van der Waals surface area contributed by atoms with Gasteiger partial charge in [-0.2, -0.15) is 0 Å². The first kappa shape index (κ1) is 34.7. The molecule has 0 aliphatic rings. The van der Waals surface area contributed by atoms with E-state index in [-0.39, 0.29) is 0 Å². The van der Waals surface area contributed by atoms with Crippen molar-refractivity contribution in [3.8, 4) is 0 Å². The molecule has 0 heterocycles. The summed E-state index contributed by atoms with van der Waals surface area (Å²) >= 11 is 0. The van der Waals surface area contributed by atoms with Gasteiger partial charge in [-0.3, -0.25) is 0 Å². The third kappa shape index (κ3) is 29.8. The fourth-order valence-electron chi connectivity index (χ4n) is 5.28.